The van der Waals surface area contributed by atoms with Crippen molar-refractivity contribution in [1.29, 1.82) is 0 Å². The van der Waals surface area contributed by atoms with Gasteiger partial charge in [-0.15, -0.1) is 0 Å². The van der Waals surface area contributed by atoms with Crippen LogP contribution in [-0.4, -0.2) is 62.7 Å². The Hall–Kier alpha value is -1.59. The van der Waals surface area contributed by atoms with Crippen molar-refractivity contribution in [3.8, 4) is 0 Å². The average molecular weight is 330 g/mol. The summed E-state index contributed by atoms with van der Waals surface area (Å²) >= 11 is 0. The van der Waals surface area contributed by atoms with E-state index in [4.69, 9.17) is 0 Å². The highest BCUT2D eigenvalue weighted by Gasteiger charge is 2.23. The van der Waals surface area contributed by atoms with Gasteiger partial charge in [0.15, 0.2) is 0 Å². The number of amides is 1. The molecular weight excluding hydrogens is 300 g/mol. The molecule has 0 bridgehead atoms. The van der Waals surface area contributed by atoms with Crippen LogP contribution in [0.15, 0.2) is 30.3 Å². The number of hydrogen-bond acceptors (Lipinski definition) is 4. The minimum Gasteiger partial charge on any atom is -0.369 e. The summed E-state index contributed by atoms with van der Waals surface area (Å²) in [6, 6.07) is 10.9. The van der Waals surface area contributed by atoms with E-state index < -0.39 is 0 Å². The highest BCUT2D eigenvalue weighted by Crippen LogP contribution is 2.15. The molecule has 2 aliphatic rings. The van der Waals surface area contributed by atoms with E-state index in [1.54, 1.807) is 0 Å². The van der Waals surface area contributed by atoms with Crippen molar-refractivity contribution in [3.05, 3.63) is 30.3 Å². The topological polar surface area (TPSA) is 47.6 Å². The molecule has 5 heteroatoms. The number of piperidine rings is 1. The first-order valence-electron chi connectivity index (χ1n) is 9.25. The van der Waals surface area contributed by atoms with Crippen molar-refractivity contribution in [2.24, 2.45) is 5.92 Å². The molecule has 2 unspecified atom stereocenters. The summed E-state index contributed by atoms with van der Waals surface area (Å²) in [5.74, 6) is 0.769. The summed E-state index contributed by atoms with van der Waals surface area (Å²) < 4.78 is 0. The van der Waals surface area contributed by atoms with Gasteiger partial charge >= 0.3 is 0 Å². The second kappa shape index (κ2) is 8.49. The maximum absolute atomic E-state index is 12.2. The highest BCUT2D eigenvalue weighted by molar-refractivity contribution is 5.76. The molecule has 0 saturated carbocycles. The van der Waals surface area contributed by atoms with Gasteiger partial charge in [-0.3, -0.25) is 9.69 Å². The van der Waals surface area contributed by atoms with Crippen LogP contribution in [-0.2, 0) is 4.79 Å². The molecule has 0 aromatic heterocycles. The molecule has 0 aliphatic carbocycles. The van der Waals surface area contributed by atoms with Gasteiger partial charge in [0.05, 0.1) is 0 Å². The molecule has 2 saturated heterocycles. The van der Waals surface area contributed by atoms with Gasteiger partial charge in [-0.05, 0) is 31.0 Å². The van der Waals surface area contributed by atoms with E-state index in [9.17, 15) is 4.79 Å². The van der Waals surface area contributed by atoms with Crippen LogP contribution < -0.4 is 15.5 Å². The van der Waals surface area contributed by atoms with Crippen LogP contribution in [0.2, 0.25) is 0 Å². The fourth-order valence-corrected chi connectivity index (χ4v) is 3.59. The Labute approximate surface area is 145 Å². The maximum Gasteiger partial charge on any atom is 0.221 e. The van der Waals surface area contributed by atoms with E-state index in [0.29, 0.717) is 18.4 Å². The summed E-state index contributed by atoms with van der Waals surface area (Å²) in [6.45, 7) is 9.21. The second-order valence-electron chi connectivity index (χ2n) is 7.06. The Kier molecular flexibility index (Phi) is 6.10. The van der Waals surface area contributed by atoms with Crippen molar-refractivity contribution < 1.29 is 4.79 Å². The van der Waals surface area contributed by atoms with Crippen LogP contribution in [0.25, 0.3) is 0 Å². The smallest absolute Gasteiger partial charge is 0.221 e. The molecule has 0 radical (unpaired) electrons. The Morgan fingerprint density at radius 2 is 1.96 bits per heavy atom. The van der Waals surface area contributed by atoms with Gasteiger partial charge in [0.2, 0.25) is 5.91 Å². The van der Waals surface area contributed by atoms with Crippen molar-refractivity contribution in [2.45, 2.75) is 25.8 Å². The van der Waals surface area contributed by atoms with Crippen molar-refractivity contribution >= 4 is 11.6 Å². The van der Waals surface area contributed by atoms with Crippen LogP contribution in [0, 0.1) is 5.92 Å². The number of benzene rings is 1. The van der Waals surface area contributed by atoms with Gasteiger partial charge < -0.3 is 15.5 Å². The molecule has 1 aromatic carbocycles. The van der Waals surface area contributed by atoms with Gasteiger partial charge in [0, 0.05) is 57.4 Å². The largest absolute Gasteiger partial charge is 0.369 e. The normalized spacial score (nSPS) is 25.5. The van der Waals surface area contributed by atoms with Gasteiger partial charge in [-0.2, -0.15) is 0 Å². The standard InChI is InChI=1S/C19H30N4O/c1-16-7-9-20-15-18(16)21-19(24)8-10-22-11-13-23(14-12-22)17-5-3-2-4-6-17/h2-6,16,18,20H,7-15H2,1H3,(H,21,24). The fraction of sp³-hybridized carbons (Fsp3) is 0.632. The van der Waals surface area contributed by atoms with Crippen LogP contribution in [0.1, 0.15) is 19.8 Å². The number of nitrogens with zero attached hydrogens (tertiary/aromatic N) is 2. The summed E-state index contributed by atoms with van der Waals surface area (Å²) in [6.07, 6.45) is 1.75. The minimum absolute atomic E-state index is 0.195. The van der Waals surface area contributed by atoms with E-state index in [1.807, 2.05) is 0 Å². The number of rotatable bonds is 5. The first kappa shape index (κ1) is 17.2. The molecule has 2 N–H and O–H groups in total. The Balaban J connectivity index is 1.36. The summed E-state index contributed by atoms with van der Waals surface area (Å²) in [7, 11) is 0. The van der Waals surface area contributed by atoms with Gasteiger partial charge in [0.25, 0.3) is 0 Å². The molecule has 1 aromatic rings. The molecule has 2 atom stereocenters. The molecule has 132 valence electrons. The van der Waals surface area contributed by atoms with E-state index in [0.717, 1.165) is 52.2 Å². The maximum atomic E-state index is 12.2. The first-order chi connectivity index (χ1) is 11.7. The lowest BCUT2D eigenvalue weighted by Gasteiger charge is -2.36. The molecule has 5 nitrogen and oxygen atoms in total. The number of carbonyl (C=O) groups is 1. The van der Waals surface area contributed by atoms with E-state index >= 15 is 0 Å². The predicted molar refractivity (Wildman–Crippen MR) is 98.3 cm³/mol. The molecular formula is C19H30N4O. The quantitative estimate of drug-likeness (QED) is 0.855. The van der Waals surface area contributed by atoms with E-state index in [2.05, 4.69) is 57.7 Å². The second-order valence-corrected chi connectivity index (χ2v) is 7.06. The molecule has 24 heavy (non-hydrogen) atoms. The highest BCUT2D eigenvalue weighted by atomic mass is 16.1. The van der Waals surface area contributed by atoms with Gasteiger partial charge in [-0.25, -0.2) is 0 Å². The van der Waals surface area contributed by atoms with Crippen LogP contribution >= 0.6 is 0 Å². The lowest BCUT2D eigenvalue weighted by atomic mass is 9.95. The van der Waals surface area contributed by atoms with Crippen molar-refractivity contribution in [3.63, 3.8) is 0 Å². The predicted octanol–water partition coefficient (Wildman–Crippen LogP) is 1.31. The number of hydrogen-bond donors (Lipinski definition) is 2. The Morgan fingerprint density at radius 3 is 2.67 bits per heavy atom. The van der Waals surface area contributed by atoms with Gasteiger partial charge in [-0.1, -0.05) is 25.1 Å². The van der Waals surface area contributed by atoms with Crippen LogP contribution in [0.4, 0.5) is 5.69 Å². The SMILES string of the molecule is CC1CCNCC1NC(=O)CCN1CCN(c2ccccc2)CC1. The number of piperazine rings is 1. The van der Waals surface area contributed by atoms with E-state index in [1.165, 1.54) is 5.69 Å². The summed E-state index contributed by atoms with van der Waals surface area (Å²) in [5, 5.41) is 6.57. The summed E-state index contributed by atoms with van der Waals surface area (Å²) in [4.78, 5) is 17.0. The van der Waals surface area contributed by atoms with Gasteiger partial charge in [0.1, 0.15) is 0 Å². The fourth-order valence-electron chi connectivity index (χ4n) is 3.59. The Bertz CT molecular complexity index is 513. The van der Waals surface area contributed by atoms with Crippen LogP contribution in [0.5, 0.6) is 0 Å². The van der Waals surface area contributed by atoms with E-state index in [-0.39, 0.29) is 5.91 Å². The molecule has 2 fully saturated rings. The zero-order valence-electron chi connectivity index (χ0n) is 14.7. The lowest BCUT2D eigenvalue weighted by molar-refractivity contribution is -0.122. The summed E-state index contributed by atoms with van der Waals surface area (Å²) in [5.41, 5.74) is 1.30. The molecule has 2 heterocycles. The van der Waals surface area contributed by atoms with Crippen molar-refractivity contribution in [2.75, 3.05) is 50.7 Å². The molecule has 1 amide bonds. The third kappa shape index (κ3) is 4.71. The number of nitrogens with one attached hydrogen (secondary N) is 2. The lowest BCUT2D eigenvalue weighted by Crippen LogP contribution is -2.51. The average Bonchev–Trinajstić information content (AvgIpc) is 2.63. The zero-order valence-corrected chi connectivity index (χ0v) is 14.7. The van der Waals surface area contributed by atoms with Crippen LogP contribution in [0.3, 0.4) is 0 Å². The molecule has 0 spiro atoms. The zero-order chi connectivity index (χ0) is 16.8. The molecule has 3 rings (SSSR count). The number of para-hydroxylation sites is 1. The number of carbonyl (C=O) groups excluding carboxylic acids is 1. The first-order valence-corrected chi connectivity index (χ1v) is 9.25. The Morgan fingerprint density at radius 1 is 1.21 bits per heavy atom. The number of anilines is 1. The third-order valence-electron chi connectivity index (χ3n) is 5.32. The minimum atomic E-state index is 0.195. The molecule has 2 aliphatic heterocycles. The third-order valence-corrected chi connectivity index (χ3v) is 5.32. The monoisotopic (exact) mass is 330 g/mol. The van der Waals surface area contributed by atoms with Crippen molar-refractivity contribution in [1.82, 2.24) is 15.5 Å².